The van der Waals surface area contributed by atoms with E-state index < -0.39 is 5.97 Å². The van der Waals surface area contributed by atoms with Crippen molar-refractivity contribution < 1.29 is 14.3 Å². The van der Waals surface area contributed by atoms with Crippen LogP contribution in [0, 0.1) is 0 Å². The maximum absolute atomic E-state index is 10.7. The maximum Gasteiger partial charge on any atom is 0.330 e. The molecule has 0 rings (SSSR count). The number of rotatable bonds is 6. The van der Waals surface area contributed by atoms with E-state index in [2.05, 4.69) is 11.6 Å². The van der Waals surface area contributed by atoms with Crippen molar-refractivity contribution in [3.05, 3.63) is 12.7 Å². The van der Waals surface area contributed by atoms with Crippen molar-refractivity contribution in [3.63, 3.8) is 0 Å². The Morgan fingerprint density at radius 3 is 3.00 bits per heavy atom. The van der Waals surface area contributed by atoms with Crippen LogP contribution in [0.3, 0.4) is 0 Å². The van der Waals surface area contributed by atoms with Gasteiger partial charge < -0.3 is 4.74 Å². The number of hydrogen-bond acceptors (Lipinski definition) is 4. The first-order chi connectivity index (χ1) is 6.20. The summed E-state index contributed by atoms with van der Waals surface area (Å²) < 4.78 is 4.88. The first kappa shape index (κ1) is 11.6. The van der Waals surface area contributed by atoms with Crippen molar-refractivity contribution in [2.24, 2.45) is 4.99 Å². The Morgan fingerprint density at radius 2 is 2.46 bits per heavy atom. The van der Waals surface area contributed by atoms with Gasteiger partial charge in [-0.3, -0.25) is 0 Å². The molecule has 4 heteroatoms. The summed E-state index contributed by atoms with van der Waals surface area (Å²) in [4.78, 5) is 23.7. The highest BCUT2D eigenvalue weighted by molar-refractivity contribution is 5.81. The van der Waals surface area contributed by atoms with Gasteiger partial charge in [-0.15, -0.1) is 0 Å². The fourth-order valence-corrected chi connectivity index (χ4v) is 0.809. The second kappa shape index (κ2) is 7.25. The van der Waals surface area contributed by atoms with Crippen molar-refractivity contribution >= 4 is 12.0 Å². The van der Waals surface area contributed by atoms with E-state index in [-0.39, 0.29) is 6.10 Å². The van der Waals surface area contributed by atoms with Crippen molar-refractivity contribution in [2.75, 3.05) is 6.54 Å². The van der Waals surface area contributed by atoms with Gasteiger partial charge in [0.05, 0.1) is 12.6 Å². The predicted octanol–water partition coefficient (Wildman–Crippen LogP) is 1.22. The molecule has 0 aliphatic rings. The number of esters is 1. The van der Waals surface area contributed by atoms with E-state index in [0.29, 0.717) is 19.4 Å². The van der Waals surface area contributed by atoms with E-state index >= 15 is 0 Å². The Hall–Kier alpha value is -1.41. The summed E-state index contributed by atoms with van der Waals surface area (Å²) >= 11 is 0. The van der Waals surface area contributed by atoms with E-state index in [1.165, 1.54) is 6.08 Å². The topological polar surface area (TPSA) is 55.7 Å². The molecule has 0 aliphatic heterocycles. The van der Waals surface area contributed by atoms with Crippen LogP contribution in [0.25, 0.3) is 0 Å². The normalized spacial score (nSPS) is 11.2. The van der Waals surface area contributed by atoms with Crippen LogP contribution in [0.2, 0.25) is 0 Å². The van der Waals surface area contributed by atoms with E-state index in [9.17, 15) is 9.59 Å². The number of ether oxygens (including phenoxy) is 1. The number of isocyanates is 1. The van der Waals surface area contributed by atoms with Gasteiger partial charge in [-0.2, -0.15) is 0 Å². The summed E-state index contributed by atoms with van der Waals surface area (Å²) in [7, 11) is 0. The molecule has 0 aliphatic carbocycles. The fourth-order valence-electron chi connectivity index (χ4n) is 0.809. The Balaban J connectivity index is 3.50. The molecule has 0 spiro atoms. The van der Waals surface area contributed by atoms with E-state index in [4.69, 9.17) is 4.74 Å². The molecule has 0 aromatic heterocycles. The third-order valence-electron chi connectivity index (χ3n) is 1.43. The van der Waals surface area contributed by atoms with Gasteiger partial charge in [-0.05, 0) is 19.8 Å². The number of nitrogens with zero attached hydrogens (tertiary/aromatic N) is 1. The number of carbonyl (C=O) groups is 1. The molecule has 1 unspecified atom stereocenters. The zero-order chi connectivity index (χ0) is 10.1. The van der Waals surface area contributed by atoms with Crippen LogP contribution in [0.1, 0.15) is 19.8 Å². The summed E-state index contributed by atoms with van der Waals surface area (Å²) in [5.41, 5.74) is 0. The van der Waals surface area contributed by atoms with E-state index in [1.807, 2.05) is 0 Å². The Kier molecular flexibility index (Phi) is 6.46. The van der Waals surface area contributed by atoms with Crippen LogP contribution in [-0.2, 0) is 14.3 Å². The highest BCUT2D eigenvalue weighted by Gasteiger charge is 2.04. The zero-order valence-corrected chi connectivity index (χ0v) is 7.66. The lowest BCUT2D eigenvalue weighted by molar-refractivity contribution is -0.142. The SMILES string of the molecule is C=CC(=O)OC(C)CCCN=C=O. The molecule has 0 radical (unpaired) electrons. The maximum atomic E-state index is 10.7. The molecule has 0 N–H and O–H groups in total. The summed E-state index contributed by atoms with van der Waals surface area (Å²) in [5, 5.41) is 0. The van der Waals surface area contributed by atoms with E-state index in [1.54, 1.807) is 6.92 Å². The van der Waals surface area contributed by atoms with Crippen LogP contribution < -0.4 is 0 Å². The molecule has 1 atom stereocenters. The highest BCUT2D eigenvalue weighted by Crippen LogP contribution is 2.01. The van der Waals surface area contributed by atoms with Crippen LogP contribution in [0.5, 0.6) is 0 Å². The van der Waals surface area contributed by atoms with Crippen molar-refractivity contribution in [2.45, 2.75) is 25.9 Å². The molecule has 0 bridgehead atoms. The van der Waals surface area contributed by atoms with Crippen LogP contribution >= 0.6 is 0 Å². The Labute approximate surface area is 77.3 Å². The third-order valence-corrected chi connectivity index (χ3v) is 1.43. The summed E-state index contributed by atoms with van der Waals surface area (Å²) in [6.45, 7) is 5.49. The van der Waals surface area contributed by atoms with Crippen LogP contribution in [0.4, 0.5) is 0 Å². The minimum Gasteiger partial charge on any atom is -0.460 e. The lowest BCUT2D eigenvalue weighted by atomic mass is 10.2. The molecule has 0 amide bonds. The quantitative estimate of drug-likeness (QED) is 0.204. The average Bonchev–Trinajstić information content (AvgIpc) is 2.12. The molecular formula is C9H13NO3. The van der Waals surface area contributed by atoms with Gasteiger partial charge >= 0.3 is 5.97 Å². The smallest absolute Gasteiger partial charge is 0.330 e. The number of carbonyl (C=O) groups excluding carboxylic acids is 2. The lowest BCUT2D eigenvalue weighted by Crippen LogP contribution is -2.12. The van der Waals surface area contributed by atoms with Gasteiger partial charge in [0.25, 0.3) is 0 Å². The lowest BCUT2D eigenvalue weighted by Gasteiger charge is -2.09. The number of hydrogen-bond donors (Lipinski definition) is 0. The second-order valence-corrected chi connectivity index (χ2v) is 2.57. The Bertz CT molecular complexity index is 219. The van der Waals surface area contributed by atoms with Gasteiger partial charge in [0.1, 0.15) is 0 Å². The standard InChI is InChI=1S/C9H13NO3/c1-3-9(12)13-8(2)5-4-6-10-7-11/h3,8H,1,4-6H2,2H3. The van der Waals surface area contributed by atoms with Gasteiger partial charge in [-0.25, -0.2) is 14.6 Å². The molecule has 0 aromatic carbocycles. The van der Waals surface area contributed by atoms with Crippen LogP contribution in [-0.4, -0.2) is 24.7 Å². The second-order valence-electron chi connectivity index (χ2n) is 2.57. The van der Waals surface area contributed by atoms with E-state index in [0.717, 1.165) is 6.08 Å². The van der Waals surface area contributed by atoms with Gasteiger partial charge in [0.15, 0.2) is 0 Å². The molecule has 4 nitrogen and oxygen atoms in total. The minimum absolute atomic E-state index is 0.160. The predicted molar refractivity (Wildman–Crippen MR) is 48.0 cm³/mol. The largest absolute Gasteiger partial charge is 0.460 e. The molecule has 0 heterocycles. The molecule has 0 aromatic rings. The molecule has 0 fully saturated rings. The first-order valence-electron chi connectivity index (χ1n) is 4.07. The van der Waals surface area contributed by atoms with Crippen LogP contribution in [0.15, 0.2) is 17.6 Å². The number of aliphatic imine (C=N–C) groups is 1. The summed E-state index contributed by atoms with van der Waals surface area (Å²) in [5.74, 6) is -0.425. The Morgan fingerprint density at radius 1 is 1.77 bits per heavy atom. The van der Waals surface area contributed by atoms with Crippen molar-refractivity contribution in [1.29, 1.82) is 0 Å². The molecule has 0 saturated carbocycles. The van der Waals surface area contributed by atoms with Gasteiger partial charge in [0, 0.05) is 6.08 Å². The minimum atomic E-state index is -0.425. The summed E-state index contributed by atoms with van der Waals surface area (Å²) in [6, 6.07) is 0. The molecular weight excluding hydrogens is 170 g/mol. The van der Waals surface area contributed by atoms with Crippen molar-refractivity contribution in [1.82, 2.24) is 0 Å². The average molecular weight is 183 g/mol. The van der Waals surface area contributed by atoms with Gasteiger partial charge in [0.2, 0.25) is 6.08 Å². The molecule has 0 saturated heterocycles. The summed E-state index contributed by atoms with van der Waals surface area (Å²) in [6.07, 6.45) is 3.80. The zero-order valence-electron chi connectivity index (χ0n) is 7.66. The monoisotopic (exact) mass is 183 g/mol. The van der Waals surface area contributed by atoms with Crippen molar-refractivity contribution in [3.8, 4) is 0 Å². The highest BCUT2D eigenvalue weighted by atomic mass is 16.5. The fraction of sp³-hybridized carbons (Fsp3) is 0.556. The molecule has 13 heavy (non-hydrogen) atoms. The molecule has 72 valence electrons. The first-order valence-corrected chi connectivity index (χ1v) is 4.07. The van der Waals surface area contributed by atoms with Gasteiger partial charge in [-0.1, -0.05) is 6.58 Å². The third kappa shape index (κ3) is 6.97.